The van der Waals surface area contributed by atoms with Crippen LogP contribution in [0.3, 0.4) is 0 Å². The SMILES string of the molecule is OCCNCc1cc(-c2ccc3nnc(C(F)(F)F)n3c2)ccc1OC(F)(F)F. The maximum absolute atomic E-state index is 13.1. The normalized spacial score (nSPS) is 12.5. The number of nitrogens with one attached hydrogen (secondary N) is 1. The molecule has 12 heteroatoms. The monoisotopic (exact) mass is 420 g/mol. The summed E-state index contributed by atoms with van der Waals surface area (Å²) in [6.07, 6.45) is -8.47. The molecule has 0 radical (unpaired) electrons. The number of aliphatic hydroxyl groups excluding tert-OH is 1. The summed E-state index contributed by atoms with van der Waals surface area (Å²) < 4.78 is 81.8. The molecule has 156 valence electrons. The van der Waals surface area contributed by atoms with Crippen molar-refractivity contribution in [3.05, 3.63) is 47.9 Å². The second kappa shape index (κ2) is 7.87. The van der Waals surface area contributed by atoms with Crippen molar-refractivity contribution in [2.75, 3.05) is 13.2 Å². The van der Waals surface area contributed by atoms with Crippen molar-refractivity contribution in [1.29, 1.82) is 0 Å². The largest absolute Gasteiger partial charge is 0.573 e. The lowest BCUT2D eigenvalue weighted by atomic mass is 10.0. The quantitative estimate of drug-likeness (QED) is 0.473. The van der Waals surface area contributed by atoms with Gasteiger partial charge < -0.3 is 15.2 Å². The Kier molecular flexibility index (Phi) is 5.66. The van der Waals surface area contributed by atoms with Gasteiger partial charge in [-0.05, 0) is 35.4 Å². The molecule has 29 heavy (non-hydrogen) atoms. The van der Waals surface area contributed by atoms with Crippen LogP contribution in [0.1, 0.15) is 11.4 Å². The van der Waals surface area contributed by atoms with Crippen LogP contribution in [0.4, 0.5) is 26.3 Å². The fraction of sp³-hybridized carbons (Fsp3) is 0.294. The van der Waals surface area contributed by atoms with E-state index in [4.69, 9.17) is 5.11 Å². The summed E-state index contributed by atoms with van der Waals surface area (Å²) in [5, 5.41) is 18.2. The Balaban J connectivity index is 2.02. The minimum atomic E-state index is -4.91. The fourth-order valence-corrected chi connectivity index (χ4v) is 2.68. The van der Waals surface area contributed by atoms with Crippen molar-refractivity contribution in [1.82, 2.24) is 19.9 Å². The van der Waals surface area contributed by atoms with Crippen LogP contribution in [-0.4, -0.2) is 39.2 Å². The highest BCUT2D eigenvalue weighted by molar-refractivity contribution is 5.67. The summed E-state index contributed by atoms with van der Waals surface area (Å²) in [6.45, 7) is -0.139. The number of hydrogen-bond acceptors (Lipinski definition) is 5. The number of nitrogens with zero attached hydrogens (tertiary/aromatic N) is 3. The lowest BCUT2D eigenvalue weighted by molar-refractivity contribution is -0.274. The van der Waals surface area contributed by atoms with Crippen molar-refractivity contribution in [3.8, 4) is 16.9 Å². The average Bonchev–Trinajstić information content (AvgIpc) is 3.05. The third kappa shape index (κ3) is 4.95. The van der Waals surface area contributed by atoms with Crippen molar-refractivity contribution in [2.45, 2.75) is 19.1 Å². The number of aliphatic hydroxyl groups is 1. The second-order valence-electron chi connectivity index (χ2n) is 5.94. The lowest BCUT2D eigenvalue weighted by Crippen LogP contribution is -2.21. The zero-order chi connectivity index (χ0) is 21.2. The first-order valence-electron chi connectivity index (χ1n) is 8.21. The minimum absolute atomic E-state index is 0.0251. The number of hydrogen-bond donors (Lipinski definition) is 2. The smallest absolute Gasteiger partial charge is 0.405 e. The molecule has 0 amide bonds. The molecule has 3 aromatic rings. The van der Waals surface area contributed by atoms with Gasteiger partial charge in [0.15, 0.2) is 5.65 Å². The van der Waals surface area contributed by atoms with E-state index in [1.807, 2.05) is 0 Å². The highest BCUT2D eigenvalue weighted by Gasteiger charge is 2.37. The Hall–Kier alpha value is -2.86. The van der Waals surface area contributed by atoms with E-state index < -0.39 is 24.1 Å². The molecule has 0 fully saturated rings. The van der Waals surface area contributed by atoms with Crippen molar-refractivity contribution in [2.24, 2.45) is 0 Å². The topological polar surface area (TPSA) is 71.7 Å². The van der Waals surface area contributed by atoms with Crippen molar-refractivity contribution >= 4 is 5.65 Å². The number of benzene rings is 1. The summed E-state index contributed by atoms with van der Waals surface area (Å²) in [6, 6.07) is 6.55. The molecule has 0 saturated carbocycles. The van der Waals surface area contributed by atoms with Crippen LogP contribution in [-0.2, 0) is 12.7 Å². The summed E-state index contributed by atoms with van der Waals surface area (Å²) in [5.74, 6) is -1.66. The first-order valence-corrected chi connectivity index (χ1v) is 8.21. The van der Waals surface area contributed by atoms with Gasteiger partial charge in [0.05, 0.1) is 6.61 Å². The average molecular weight is 420 g/mol. The molecule has 2 aromatic heterocycles. The molecule has 0 spiro atoms. The zero-order valence-corrected chi connectivity index (χ0v) is 14.6. The predicted octanol–water partition coefficient (Wildman–Crippen LogP) is 3.40. The van der Waals surface area contributed by atoms with Gasteiger partial charge in [0.2, 0.25) is 5.82 Å². The number of ether oxygens (including phenoxy) is 1. The van der Waals surface area contributed by atoms with Gasteiger partial charge in [-0.25, -0.2) is 0 Å². The Bertz CT molecular complexity index is 1000. The van der Waals surface area contributed by atoms with Gasteiger partial charge in [-0.1, -0.05) is 6.07 Å². The third-order valence-electron chi connectivity index (χ3n) is 3.88. The van der Waals surface area contributed by atoms with E-state index in [-0.39, 0.29) is 30.9 Å². The summed E-state index contributed by atoms with van der Waals surface area (Å²) >= 11 is 0. The van der Waals surface area contributed by atoms with E-state index in [1.54, 1.807) is 0 Å². The van der Waals surface area contributed by atoms with Gasteiger partial charge in [0, 0.05) is 24.8 Å². The molecule has 2 N–H and O–H groups in total. The molecular formula is C17H14F6N4O2. The molecular weight excluding hydrogens is 406 g/mol. The van der Waals surface area contributed by atoms with E-state index in [2.05, 4.69) is 20.3 Å². The Labute approximate surface area is 159 Å². The van der Waals surface area contributed by atoms with Gasteiger partial charge in [-0.2, -0.15) is 13.2 Å². The van der Waals surface area contributed by atoms with Gasteiger partial charge >= 0.3 is 12.5 Å². The number of rotatable bonds is 6. The van der Waals surface area contributed by atoms with Crippen LogP contribution in [0, 0.1) is 0 Å². The molecule has 0 atom stereocenters. The van der Waals surface area contributed by atoms with E-state index in [0.29, 0.717) is 11.1 Å². The van der Waals surface area contributed by atoms with E-state index in [0.717, 1.165) is 16.7 Å². The van der Waals surface area contributed by atoms with Crippen LogP contribution >= 0.6 is 0 Å². The number of alkyl halides is 6. The van der Waals surface area contributed by atoms with Crippen LogP contribution in [0.2, 0.25) is 0 Å². The van der Waals surface area contributed by atoms with E-state index in [1.165, 1.54) is 24.3 Å². The molecule has 6 nitrogen and oxygen atoms in total. The summed E-state index contributed by atoms with van der Waals surface area (Å²) in [7, 11) is 0. The molecule has 2 heterocycles. The molecule has 0 aliphatic heterocycles. The fourth-order valence-electron chi connectivity index (χ4n) is 2.68. The lowest BCUT2D eigenvalue weighted by Gasteiger charge is -2.15. The van der Waals surface area contributed by atoms with Gasteiger partial charge in [-0.3, -0.25) is 4.40 Å². The van der Waals surface area contributed by atoms with Crippen LogP contribution in [0.25, 0.3) is 16.8 Å². The maximum atomic E-state index is 13.1. The first-order chi connectivity index (χ1) is 13.6. The molecule has 0 bridgehead atoms. The number of fused-ring (bicyclic) bond motifs is 1. The number of halogens is 6. The number of pyridine rings is 1. The van der Waals surface area contributed by atoms with Gasteiger partial charge in [0.25, 0.3) is 0 Å². The van der Waals surface area contributed by atoms with Crippen molar-refractivity contribution < 1.29 is 36.2 Å². The van der Waals surface area contributed by atoms with Gasteiger partial charge in [0.1, 0.15) is 5.75 Å². The molecule has 1 aromatic carbocycles. The van der Waals surface area contributed by atoms with Crippen molar-refractivity contribution in [3.63, 3.8) is 0 Å². The molecule has 0 aliphatic carbocycles. The van der Waals surface area contributed by atoms with E-state index >= 15 is 0 Å². The van der Waals surface area contributed by atoms with E-state index in [9.17, 15) is 26.3 Å². The summed E-state index contributed by atoms with van der Waals surface area (Å²) in [5.41, 5.74) is 0.768. The second-order valence-corrected chi connectivity index (χ2v) is 5.94. The molecule has 0 saturated heterocycles. The minimum Gasteiger partial charge on any atom is -0.405 e. The summed E-state index contributed by atoms with van der Waals surface area (Å²) in [4.78, 5) is 0. The Morgan fingerprint density at radius 2 is 1.72 bits per heavy atom. The Morgan fingerprint density at radius 1 is 1.00 bits per heavy atom. The van der Waals surface area contributed by atoms with Crippen LogP contribution in [0.5, 0.6) is 5.75 Å². The van der Waals surface area contributed by atoms with Gasteiger partial charge in [-0.15, -0.1) is 23.4 Å². The standard InChI is InChI=1S/C17H14F6N4O2/c18-16(19,20)15-26-25-14-4-2-11(9-27(14)15)10-1-3-13(29-17(21,22)23)12(7-10)8-24-5-6-28/h1-4,7,9,24,28H,5-6,8H2. The van der Waals surface area contributed by atoms with Crippen LogP contribution < -0.4 is 10.1 Å². The predicted molar refractivity (Wildman–Crippen MR) is 88.9 cm³/mol. The van der Waals surface area contributed by atoms with Crippen LogP contribution in [0.15, 0.2) is 36.5 Å². The Morgan fingerprint density at radius 3 is 2.38 bits per heavy atom. The highest BCUT2D eigenvalue weighted by Crippen LogP contribution is 2.32. The number of aromatic nitrogens is 3. The molecule has 3 rings (SSSR count). The maximum Gasteiger partial charge on any atom is 0.573 e. The first kappa shape index (κ1) is 20.9. The molecule has 0 aliphatic rings. The third-order valence-corrected chi connectivity index (χ3v) is 3.88. The molecule has 0 unspecified atom stereocenters. The highest BCUT2D eigenvalue weighted by atomic mass is 19.4. The zero-order valence-electron chi connectivity index (χ0n) is 14.6.